The number of carbonyl (C=O) groups excluding carboxylic acids is 2. The predicted molar refractivity (Wildman–Crippen MR) is 123 cm³/mol. The van der Waals surface area contributed by atoms with Gasteiger partial charge in [-0.05, 0) is 43.9 Å². The maximum absolute atomic E-state index is 11.3. The van der Waals surface area contributed by atoms with Crippen LogP contribution in [0.4, 0.5) is 0 Å². The van der Waals surface area contributed by atoms with Crippen LogP contribution in [0.3, 0.4) is 0 Å². The molecular weight excluding hydrogens is 376 g/mol. The third-order valence-corrected chi connectivity index (χ3v) is 7.47. The zero-order valence-corrected chi connectivity index (χ0v) is 20.1. The summed E-state index contributed by atoms with van der Waals surface area (Å²) in [4.78, 5) is 22.3. The van der Waals surface area contributed by atoms with Gasteiger partial charge in [-0.15, -0.1) is 0 Å². The molecule has 0 aromatic rings. The third kappa shape index (κ3) is 6.99. The molecule has 2 fully saturated rings. The Kier molecular flexibility index (Phi) is 10.9. The topological polar surface area (TPSA) is 52.6 Å². The van der Waals surface area contributed by atoms with Gasteiger partial charge in [0, 0.05) is 17.1 Å². The van der Waals surface area contributed by atoms with Crippen molar-refractivity contribution in [2.75, 3.05) is 6.61 Å². The SMILES string of the molecule is C=C(C)C(=O)OCCCCCCCCC.C=CC(=O)O[C@H]1C[C@@H]2CC[C@@]1(C)C2(C)C. The van der Waals surface area contributed by atoms with Gasteiger partial charge >= 0.3 is 11.9 Å². The van der Waals surface area contributed by atoms with Gasteiger partial charge in [0.25, 0.3) is 0 Å². The Balaban J connectivity index is 0.000000300. The molecule has 172 valence electrons. The van der Waals surface area contributed by atoms with E-state index in [1.807, 2.05) is 0 Å². The normalized spacial score (nSPS) is 25.8. The maximum Gasteiger partial charge on any atom is 0.333 e. The quantitative estimate of drug-likeness (QED) is 0.210. The lowest BCUT2D eigenvalue weighted by Gasteiger charge is -2.38. The first-order valence-electron chi connectivity index (χ1n) is 11.8. The van der Waals surface area contributed by atoms with E-state index in [1.54, 1.807) is 6.92 Å². The van der Waals surface area contributed by atoms with Crippen LogP contribution in [0.25, 0.3) is 0 Å². The summed E-state index contributed by atoms with van der Waals surface area (Å²) in [5, 5.41) is 0. The molecule has 0 radical (unpaired) electrons. The molecule has 0 aromatic carbocycles. The summed E-state index contributed by atoms with van der Waals surface area (Å²) in [5.41, 5.74) is 0.952. The highest BCUT2D eigenvalue weighted by molar-refractivity contribution is 5.86. The van der Waals surface area contributed by atoms with Crippen molar-refractivity contribution in [2.45, 2.75) is 105 Å². The molecule has 0 saturated heterocycles. The molecule has 0 aliphatic heterocycles. The molecule has 0 spiro atoms. The lowest BCUT2D eigenvalue weighted by atomic mass is 9.70. The van der Waals surface area contributed by atoms with Gasteiger partial charge in [-0.3, -0.25) is 0 Å². The lowest BCUT2D eigenvalue weighted by molar-refractivity contribution is -0.150. The van der Waals surface area contributed by atoms with Gasteiger partial charge < -0.3 is 9.47 Å². The van der Waals surface area contributed by atoms with Crippen molar-refractivity contribution in [3.05, 3.63) is 24.8 Å². The lowest BCUT2D eigenvalue weighted by Crippen LogP contribution is -2.38. The number of ether oxygens (including phenoxy) is 2. The van der Waals surface area contributed by atoms with E-state index < -0.39 is 0 Å². The molecule has 3 atom stereocenters. The number of unbranched alkanes of at least 4 members (excludes halogenated alkanes) is 6. The van der Waals surface area contributed by atoms with Crippen LogP contribution in [-0.4, -0.2) is 24.6 Å². The van der Waals surface area contributed by atoms with Crippen molar-refractivity contribution < 1.29 is 19.1 Å². The second kappa shape index (κ2) is 12.3. The van der Waals surface area contributed by atoms with Crippen molar-refractivity contribution in [1.82, 2.24) is 0 Å². The highest BCUT2D eigenvalue weighted by atomic mass is 16.5. The minimum atomic E-state index is -0.274. The summed E-state index contributed by atoms with van der Waals surface area (Å²) < 4.78 is 10.5. The van der Waals surface area contributed by atoms with Gasteiger partial charge in [0.2, 0.25) is 0 Å². The van der Waals surface area contributed by atoms with E-state index in [2.05, 4.69) is 40.9 Å². The summed E-state index contributed by atoms with van der Waals surface area (Å²) in [6.07, 6.45) is 13.5. The van der Waals surface area contributed by atoms with Crippen LogP contribution in [0.15, 0.2) is 24.8 Å². The van der Waals surface area contributed by atoms with Crippen LogP contribution < -0.4 is 0 Å². The van der Waals surface area contributed by atoms with Crippen LogP contribution in [0.1, 0.15) is 98.8 Å². The first-order valence-corrected chi connectivity index (χ1v) is 11.8. The smallest absolute Gasteiger partial charge is 0.333 e. The molecule has 4 heteroatoms. The predicted octanol–water partition coefficient (Wildman–Crippen LogP) is 6.79. The van der Waals surface area contributed by atoms with E-state index in [-0.39, 0.29) is 23.5 Å². The Morgan fingerprint density at radius 2 is 1.67 bits per heavy atom. The van der Waals surface area contributed by atoms with Crippen LogP contribution in [-0.2, 0) is 19.1 Å². The Hall–Kier alpha value is -1.58. The standard InChI is InChI=1S/C13H20O2.C13H24O2/c1-5-11(14)15-10-8-9-6-7-13(10,4)12(9,2)3;1-4-5-6-7-8-9-10-11-15-13(14)12(2)3/h5,9-10H,1,6-8H2,2-4H3;2,4-11H2,1,3H3/t9-,10-,13+;/m0./s1. The van der Waals surface area contributed by atoms with E-state index >= 15 is 0 Å². The molecule has 2 bridgehead atoms. The molecule has 30 heavy (non-hydrogen) atoms. The van der Waals surface area contributed by atoms with Crippen molar-refractivity contribution in [3.8, 4) is 0 Å². The summed E-state index contributed by atoms with van der Waals surface area (Å²) in [6, 6.07) is 0. The Labute approximate surface area is 184 Å². The fourth-order valence-corrected chi connectivity index (χ4v) is 4.84. The highest BCUT2D eigenvalue weighted by Crippen LogP contribution is 2.66. The minimum Gasteiger partial charge on any atom is -0.462 e. The molecular formula is C26H44O4. The van der Waals surface area contributed by atoms with Gasteiger partial charge in [-0.1, -0.05) is 79.4 Å². The Morgan fingerprint density at radius 1 is 1.07 bits per heavy atom. The second-order valence-electron chi connectivity index (χ2n) is 9.78. The molecule has 2 aliphatic rings. The van der Waals surface area contributed by atoms with Gasteiger partial charge in [-0.25, -0.2) is 9.59 Å². The van der Waals surface area contributed by atoms with E-state index in [4.69, 9.17) is 9.47 Å². The molecule has 2 aliphatic carbocycles. The average molecular weight is 421 g/mol. The van der Waals surface area contributed by atoms with Gasteiger partial charge in [0.15, 0.2) is 0 Å². The van der Waals surface area contributed by atoms with Gasteiger partial charge in [0.05, 0.1) is 6.61 Å². The highest BCUT2D eigenvalue weighted by Gasteiger charge is 2.62. The number of carbonyl (C=O) groups is 2. The monoisotopic (exact) mass is 420 g/mol. The third-order valence-electron chi connectivity index (χ3n) is 7.47. The van der Waals surface area contributed by atoms with Gasteiger partial charge in [0.1, 0.15) is 6.10 Å². The van der Waals surface area contributed by atoms with Crippen molar-refractivity contribution >= 4 is 11.9 Å². The van der Waals surface area contributed by atoms with Crippen LogP contribution in [0.2, 0.25) is 0 Å². The molecule has 4 nitrogen and oxygen atoms in total. The van der Waals surface area contributed by atoms with Gasteiger partial charge in [-0.2, -0.15) is 0 Å². The molecule has 0 aromatic heterocycles. The van der Waals surface area contributed by atoms with Crippen LogP contribution >= 0.6 is 0 Å². The second-order valence-corrected chi connectivity index (χ2v) is 9.78. The first-order chi connectivity index (χ1) is 14.1. The molecule has 2 saturated carbocycles. The molecule has 0 amide bonds. The number of hydrogen-bond acceptors (Lipinski definition) is 4. The van der Waals surface area contributed by atoms with Crippen molar-refractivity contribution in [3.63, 3.8) is 0 Å². The van der Waals surface area contributed by atoms with E-state index in [9.17, 15) is 9.59 Å². The van der Waals surface area contributed by atoms with Crippen molar-refractivity contribution in [1.29, 1.82) is 0 Å². The number of fused-ring (bicyclic) bond motifs is 2. The maximum atomic E-state index is 11.3. The zero-order valence-electron chi connectivity index (χ0n) is 20.1. The zero-order chi connectivity index (χ0) is 22.8. The summed E-state index contributed by atoms with van der Waals surface area (Å²) in [6.45, 7) is 18.3. The fraction of sp³-hybridized carbons (Fsp3) is 0.769. The summed E-state index contributed by atoms with van der Waals surface area (Å²) in [7, 11) is 0. The molecule has 0 unspecified atom stereocenters. The number of hydrogen-bond donors (Lipinski definition) is 0. The largest absolute Gasteiger partial charge is 0.462 e. The first kappa shape index (κ1) is 26.5. The Bertz CT molecular complexity index is 592. The van der Waals surface area contributed by atoms with E-state index in [0.717, 1.165) is 19.3 Å². The number of rotatable bonds is 11. The fourth-order valence-electron chi connectivity index (χ4n) is 4.84. The van der Waals surface area contributed by atoms with E-state index in [1.165, 1.54) is 51.0 Å². The Morgan fingerprint density at radius 3 is 2.13 bits per heavy atom. The van der Waals surface area contributed by atoms with Crippen LogP contribution in [0.5, 0.6) is 0 Å². The van der Waals surface area contributed by atoms with E-state index in [0.29, 0.717) is 23.5 Å². The van der Waals surface area contributed by atoms with Crippen LogP contribution in [0, 0.1) is 16.7 Å². The molecule has 0 N–H and O–H groups in total. The molecule has 0 heterocycles. The average Bonchev–Trinajstić information content (AvgIpc) is 3.03. The summed E-state index contributed by atoms with van der Waals surface area (Å²) in [5.74, 6) is 0.177. The minimum absolute atomic E-state index is 0.0942. The summed E-state index contributed by atoms with van der Waals surface area (Å²) >= 11 is 0. The number of esters is 2. The van der Waals surface area contributed by atoms with Crippen molar-refractivity contribution in [2.24, 2.45) is 16.7 Å². The molecule has 2 rings (SSSR count).